The average molecular weight is 442 g/mol. The van der Waals surface area contributed by atoms with Crippen molar-refractivity contribution in [3.63, 3.8) is 0 Å². The van der Waals surface area contributed by atoms with Crippen LogP contribution in [0.15, 0.2) is 54.6 Å². The molecule has 0 unspecified atom stereocenters. The zero-order chi connectivity index (χ0) is 22.1. The Hall–Kier alpha value is -2.99. The molecule has 0 atom stereocenters. The summed E-state index contributed by atoms with van der Waals surface area (Å²) in [5, 5.41) is 3.43. The van der Waals surface area contributed by atoms with Gasteiger partial charge < -0.3 is 19.9 Å². The molecule has 1 saturated heterocycles. The van der Waals surface area contributed by atoms with Gasteiger partial charge in [0.15, 0.2) is 0 Å². The normalized spacial score (nSPS) is 14.4. The van der Waals surface area contributed by atoms with Gasteiger partial charge in [-0.2, -0.15) is 0 Å². The van der Waals surface area contributed by atoms with Crippen molar-refractivity contribution in [2.45, 2.75) is 19.8 Å². The first-order valence-electron chi connectivity index (χ1n) is 10.6. The molecule has 1 fully saturated rings. The first-order valence-corrected chi connectivity index (χ1v) is 10.9. The Labute approximate surface area is 188 Å². The number of carbonyl (C=O) groups is 2. The number of anilines is 1. The number of nitrogens with one attached hydrogen (secondary N) is 1. The lowest BCUT2D eigenvalue weighted by molar-refractivity contribution is -0.125. The maximum Gasteiger partial charge on any atom is 0.321 e. The van der Waals surface area contributed by atoms with Gasteiger partial charge in [0.1, 0.15) is 5.75 Å². The summed E-state index contributed by atoms with van der Waals surface area (Å²) in [5.41, 5.74) is 1.60. The van der Waals surface area contributed by atoms with E-state index in [9.17, 15) is 9.59 Å². The average Bonchev–Trinajstić information content (AvgIpc) is 3.03. The number of hydrogen-bond acceptors (Lipinski definition) is 3. The highest BCUT2D eigenvalue weighted by molar-refractivity contribution is 6.30. The number of carbonyl (C=O) groups excluding carboxylic acids is 2. The van der Waals surface area contributed by atoms with Crippen LogP contribution in [-0.4, -0.2) is 54.5 Å². The van der Waals surface area contributed by atoms with Crippen molar-refractivity contribution >= 4 is 35.3 Å². The topological polar surface area (TPSA) is 61.9 Å². The summed E-state index contributed by atoms with van der Waals surface area (Å²) in [6, 6.07) is 14.5. The van der Waals surface area contributed by atoms with E-state index in [0.717, 1.165) is 24.2 Å². The molecule has 2 aromatic rings. The summed E-state index contributed by atoms with van der Waals surface area (Å²) >= 11 is 5.97. The molecule has 1 aliphatic heterocycles. The smallest absolute Gasteiger partial charge is 0.321 e. The number of amides is 3. The van der Waals surface area contributed by atoms with Crippen LogP contribution in [0.3, 0.4) is 0 Å². The number of halogens is 1. The standard InChI is InChI=1S/C24H28ClN3O3/c1-2-17-31-22-10-7-19(8-11-22)9-12-23(29)27-13-4-14-28(16-15-27)24(30)26-21-6-3-5-20(25)18-21/h3,5-12,18H,2,4,13-17H2,1H3,(H,26,30)/b12-9+. The van der Waals surface area contributed by atoms with E-state index in [2.05, 4.69) is 12.2 Å². The van der Waals surface area contributed by atoms with Gasteiger partial charge >= 0.3 is 6.03 Å². The second-order valence-electron chi connectivity index (χ2n) is 7.36. The van der Waals surface area contributed by atoms with E-state index >= 15 is 0 Å². The minimum absolute atomic E-state index is 0.0524. The molecule has 2 aromatic carbocycles. The summed E-state index contributed by atoms with van der Waals surface area (Å²) in [6.45, 7) is 4.95. The van der Waals surface area contributed by atoms with Crippen molar-refractivity contribution in [2.75, 3.05) is 38.1 Å². The van der Waals surface area contributed by atoms with Crippen molar-refractivity contribution in [1.82, 2.24) is 9.80 Å². The molecule has 31 heavy (non-hydrogen) atoms. The molecule has 0 aliphatic carbocycles. The molecule has 0 spiro atoms. The van der Waals surface area contributed by atoms with Crippen LogP contribution in [-0.2, 0) is 4.79 Å². The molecular formula is C24H28ClN3O3. The van der Waals surface area contributed by atoms with Crippen molar-refractivity contribution < 1.29 is 14.3 Å². The summed E-state index contributed by atoms with van der Waals surface area (Å²) in [4.78, 5) is 28.7. The van der Waals surface area contributed by atoms with Crippen molar-refractivity contribution in [1.29, 1.82) is 0 Å². The lowest BCUT2D eigenvalue weighted by Crippen LogP contribution is -2.39. The van der Waals surface area contributed by atoms with E-state index in [1.165, 1.54) is 0 Å². The van der Waals surface area contributed by atoms with Crippen molar-refractivity contribution in [3.05, 3.63) is 65.2 Å². The molecule has 0 bridgehead atoms. The van der Waals surface area contributed by atoms with Crippen LogP contribution in [0.1, 0.15) is 25.3 Å². The van der Waals surface area contributed by atoms with Gasteiger partial charge in [0.05, 0.1) is 6.61 Å². The summed E-state index contributed by atoms with van der Waals surface area (Å²) in [5.74, 6) is 0.775. The Balaban J connectivity index is 1.50. The predicted octanol–water partition coefficient (Wildman–Crippen LogP) is 4.91. The minimum Gasteiger partial charge on any atom is -0.494 e. The quantitative estimate of drug-likeness (QED) is 0.648. The number of rotatable bonds is 6. The van der Waals surface area contributed by atoms with Crippen LogP contribution in [0.2, 0.25) is 5.02 Å². The zero-order valence-electron chi connectivity index (χ0n) is 17.7. The molecule has 1 N–H and O–H groups in total. The minimum atomic E-state index is -0.183. The molecular weight excluding hydrogens is 414 g/mol. The highest BCUT2D eigenvalue weighted by atomic mass is 35.5. The molecule has 1 heterocycles. The fourth-order valence-electron chi connectivity index (χ4n) is 3.28. The van der Waals surface area contributed by atoms with E-state index in [4.69, 9.17) is 16.3 Å². The Morgan fingerprint density at radius 2 is 1.81 bits per heavy atom. The Morgan fingerprint density at radius 3 is 2.55 bits per heavy atom. The summed E-state index contributed by atoms with van der Waals surface area (Å²) < 4.78 is 5.57. The van der Waals surface area contributed by atoms with Crippen LogP contribution < -0.4 is 10.1 Å². The molecule has 7 heteroatoms. The number of ether oxygens (including phenoxy) is 1. The second-order valence-corrected chi connectivity index (χ2v) is 7.79. The van der Waals surface area contributed by atoms with Gasteiger partial charge in [-0.1, -0.05) is 36.7 Å². The maximum atomic E-state index is 12.6. The lowest BCUT2D eigenvalue weighted by atomic mass is 10.2. The fourth-order valence-corrected chi connectivity index (χ4v) is 3.47. The van der Waals surface area contributed by atoms with Gasteiger partial charge in [-0.05, 0) is 54.8 Å². The van der Waals surface area contributed by atoms with Crippen LogP contribution in [0.25, 0.3) is 6.08 Å². The molecule has 0 radical (unpaired) electrons. The third-order valence-corrected chi connectivity index (χ3v) is 5.18. The van der Waals surface area contributed by atoms with Gasteiger partial charge in [-0.15, -0.1) is 0 Å². The number of nitrogens with zero attached hydrogens (tertiary/aromatic N) is 2. The third-order valence-electron chi connectivity index (χ3n) is 4.94. The Morgan fingerprint density at radius 1 is 1.06 bits per heavy atom. The van der Waals surface area contributed by atoms with Crippen LogP contribution >= 0.6 is 11.6 Å². The maximum absolute atomic E-state index is 12.6. The molecule has 6 nitrogen and oxygen atoms in total. The first kappa shape index (κ1) is 22.7. The van der Waals surface area contributed by atoms with E-state index in [0.29, 0.717) is 43.5 Å². The molecule has 0 aromatic heterocycles. The fraction of sp³-hybridized carbons (Fsp3) is 0.333. The number of benzene rings is 2. The van der Waals surface area contributed by atoms with Gasteiger partial charge in [0.25, 0.3) is 0 Å². The highest BCUT2D eigenvalue weighted by Crippen LogP contribution is 2.16. The summed E-state index contributed by atoms with van der Waals surface area (Å²) in [6.07, 6.45) is 5.09. The van der Waals surface area contributed by atoms with E-state index in [1.807, 2.05) is 24.3 Å². The Kier molecular flexibility index (Phi) is 8.35. The molecule has 164 valence electrons. The second kappa shape index (κ2) is 11.4. The Bertz CT molecular complexity index is 915. The lowest BCUT2D eigenvalue weighted by Gasteiger charge is -2.22. The van der Waals surface area contributed by atoms with E-state index < -0.39 is 0 Å². The monoisotopic (exact) mass is 441 g/mol. The van der Waals surface area contributed by atoms with Crippen molar-refractivity contribution in [3.8, 4) is 5.75 Å². The van der Waals surface area contributed by atoms with E-state index in [-0.39, 0.29) is 11.9 Å². The molecule has 3 rings (SSSR count). The van der Waals surface area contributed by atoms with E-state index in [1.54, 1.807) is 46.2 Å². The third kappa shape index (κ3) is 7.03. The number of hydrogen-bond donors (Lipinski definition) is 1. The van der Waals surface area contributed by atoms with Crippen molar-refractivity contribution in [2.24, 2.45) is 0 Å². The number of urea groups is 1. The largest absolute Gasteiger partial charge is 0.494 e. The van der Waals surface area contributed by atoms with Crippen LogP contribution in [0.5, 0.6) is 5.75 Å². The highest BCUT2D eigenvalue weighted by Gasteiger charge is 2.21. The van der Waals surface area contributed by atoms with Gasteiger partial charge in [0, 0.05) is 43.0 Å². The first-order chi connectivity index (χ1) is 15.0. The zero-order valence-corrected chi connectivity index (χ0v) is 18.5. The molecule has 3 amide bonds. The molecule has 0 saturated carbocycles. The van der Waals surface area contributed by atoms with Gasteiger partial charge in [-0.3, -0.25) is 4.79 Å². The van der Waals surface area contributed by atoms with Gasteiger partial charge in [0.2, 0.25) is 5.91 Å². The van der Waals surface area contributed by atoms with Crippen LogP contribution in [0, 0.1) is 0 Å². The SMILES string of the molecule is CCCOc1ccc(/C=C/C(=O)N2CCCN(C(=O)Nc3cccc(Cl)c3)CC2)cc1. The predicted molar refractivity (Wildman–Crippen MR) is 125 cm³/mol. The van der Waals surface area contributed by atoms with Crippen LogP contribution in [0.4, 0.5) is 10.5 Å². The molecule has 1 aliphatic rings. The van der Waals surface area contributed by atoms with Gasteiger partial charge in [-0.25, -0.2) is 4.79 Å². The summed E-state index contributed by atoms with van der Waals surface area (Å²) in [7, 11) is 0.